The van der Waals surface area contributed by atoms with Gasteiger partial charge in [-0.2, -0.15) is 5.43 Å². The molecule has 0 aliphatic heterocycles. The van der Waals surface area contributed by atoms with Gasteiger partial charge in [0.05, 0.1) is 0 Å². The van der Waals surface area contributed by atoms with E-state index in [-0.39, 0.29) is 0 Å². The summed E-state index contributed by atoms with van der Waals surface area (Å²) in [7, 11) is 3.20. The zero-order valence-corrected chi connectivity index (χ0v) is 13.6. The lowest BCUT2D eigenvalue weighted by Gasteiger charge is -2.32. The smallest absolute Gasteiger partial charge is 0.268 e. The fraction of sp³-hybridized carbons (Fsp3) is 0.294. The van der Waals surface area contributed by atoms with E-state index in [1.54, 1.807) is 14.2 Å². The molecule has 22 heavy (non-hydrogen) atoms. The van der Waals surface area contributed by atoms with E-state index in [0.717, 1.165) is 23.6 Å². The van der Waals surface area contributed by atoms with Crippen molar-refractivity contribution in [1.82, 2.24) is 10.9 Å². The van der Waals surface area contributed by atoms with Gasteiger partial charge in [-0.1, -0.05) is 54.1 Å². The molecular formula is C17H21ClN2O2. The van der Waals surface area contributed by atoms with Gasteiger partial charge in [0.15, 0.2) is 0 Å². The van der Waals surface area contributed by atoms with Crippen LogP contribution in [0.1, 0.15) is 11.1 Å². The summed E-state index contributed by atoms with van der Waals surface area (Å²) in [5, 5.41) is 0.747. The van der Waals surface area contributed by atoms with Crippen LogP contribution >= 0.6 is 11.6 Å². The highest BCUT2D eigenvalue weighted by molar-refractivity contribution is 6.30. The van der Waals surface area contributed by atoms with E-state index in [9.17, 15) is 0 Å². The Morgan fingerprint density at radius 2 is 1.59 bits per heavy atom. The number of hydrogen-bond acceptors (Lipinski definition) is 4. The third-order valence-corrected chi connectivity index (χ3v) is 3.69. The Balaban J connectivity index is 1.91. The Morgan fingerprint density at radius 1 is 0.955 bits per heavy atom. The number of hydrazine groups is 1. The largest absolute Gasteiger partial charge is 0.336 e. The molecule has 2 aromatic rings. The van der Waals surface area contributed by atoms with Crippen molar-refractivity contribution in [3.8, 4) is 0 Å². The van der Waals surface area contributed by atoms with Crippen LogP contribution < -0.4 is 10.9 Å². The van der Waals surface area contributed by atoms with Crippen molar-refractivity contribution in [1.29, 1.82) is 0 Å². The number of halogens is 1. The molecule has 0 fully saturated rings. The summed E-state index contributed by atoms with van der Waals surface area (Å²) >= 11 is 5.88. The zero-order valence-electron chi connectivity index (χ0n) is 12.8. The minimum absolute atomic E-state index is 0.725. The molecule has 4 nitrogen and oxygen atoms in total. The molecule has 0 bridgehead atoms. The molecule has 2 rings (SSSR count). The molecule has 0 saturated carbocycles. The second kappa shape index (κ2) is 8.27. The van der Waals surface area contributed by atoms with Gasteiger partial charge in [-0.25, -0.2) is 0 Å². The number of methoxy groups -OCH3 is 2. The van der Waals surface area contributed by atoms with Crippen molar-refractivity contribution < 1.29 is 9.47 Å². The van der Waals surface area contributed by atoms with Gasteiger partial charge in [0.25, 0.3) is 5.91 Å². The summed E-state index contributed by atoms with van der Waals surface area (Å²) in [6, 6.07) is 17.5. The molecule has 2 N–H and O–H groups in total. The molecule has 118 valence electrons. The molecule has 0 atom stereocenters. The van der Waals surface area contributed by atoms with E-state index < -0.39 is 5.91 Å². The van der Waals surface area contributed by atoms with Gasteiger partial charge in [-0.05, 0) is 24.1 Å². The van der Waals surface area contributed by atoms with Crippen LogP contribution in [-0.2, 0) is 21.8 Å². The highest BCUT2D eigenvalue weighted by Crippen LogP contribution is 2.21. The summed E-state index contributed by atoms with van der Waals surface area (Å²) in [5.74, 6) is -1.01. The van der Waals surface area contributed by atoms with Crippen molar-refractivity contribution in [2.45, 2.75) is 12.3 Å². The van der Waals surface area contributed by atoms with Gasteiger partial charge in [0, 0.05) is 31.4 Å². The van der Waals surface area contributed by atoms with Crippen LogP contribution in [-0.4, -0.2) is 20.8 Å². The maximum absolute atomic E-state index is 5.88. The number of hydrogen-bond donors (Lipinski definition) is 2. The van der Waals surface area contributed by atoms with Crippen LogP contribution in [0.5, 0.6) is 0 Å². The molecule has 0 spiro atoms. The van der Waals surface area contributed by atoms with E-state index in [1.165, 1.54) is 5.56 Å². The van der Waals surface area contributed by atoms with Crippen LogP contribution in [0.2, 0.25) is 5.02 Å². The van der Waals surface area contributed by atoms with E-state index >= 15 is 0 Å². The Bertz CT molecular complexity index is 557. The third-order valence-electron chi connectivity index (χ3n) is 3.43. The molecule has 0 aliphatic rings. The van der Waals surface area contributed by atoms with Crippen LogP contribution in [0.3, 0.4) is 0 Å². The van der Waals surface area contributed by atoms with Gasteiger partial charge in [-0.3, -0.25) is 5.43 Å². The first-order valence-electron chi connectivity index (χ1n) is 7.10. The monoisotopic (exact) mass is 320 g/mol. The normalized spacial score (nSPS) is 11.6. The summed E-state index contributed by atoms with van der Waals surface area (Å²) in [6.07, 6.45) is 0.864. The van der Waals surface area contributed by atoms with E-state index in [4.69, 9.17) is 21.1 Å². The van der Waals surface area contributed by atoms with Crippen LogP contribution in [0.25, 0.3) is 0 Å². The lowest BCUT2D eigenvalue weighted by atomic mass is 10.1. The first kappa shape index (κ1) is 16.9. The van der Waals surface area contributed by atoms with Gasteiger partial charge in [0.2, 0.25) is 0 Å². The Kier molecular flexibility index (Phi) is 6.36. The topological polar surface area (TPSA) is 42.5 Å². The van der Waals surface area contributed by atoms with Crippen molar-refractivity contribution in [3.05, 3.63) is 70.7 Å². The zero-order chi connectivity index (χ0) is 15.8. The number of ether oxygens (including phenoxy) is 2. The van der Waals surface area contributed by atoms with Crippen molar-refractivity contribution in [3.63, 3.8) is 0 Å². The van der Waals surface area contributed by atoms with E-state index in [2.05, 4.69) is 10.9 Å². The maximum Gasteiger partial charge on any atom is 0.268 e. The minimum Gasteiger partial charge on any atom is -0.336 e. The fourth-order valence-corrected chi connectivity index (χ4v) is 2.31. The SMILES string of the molecule is COC(NNCCc1ccc(Cl)cc1)(OC)c1ccccc1. The summed E-state index contributed by atoms with van der Waals surface area (Å²) in [4.78, 5) is 0. The van der Waals surface area contributed by atoms with Crippen LogP contribution in [0.15, 0.2) is 54.6 Å². The second-order valence-corrected chi connectivity index (χ2v) is 5.26. The summed E-state index contributed by atoms with van der Waals surface area (Å²) in [5.41, 5.74) is 8.36. The lowest BCUT2D eigenvalue weighted by molar-refractivity contribution is -0.245. The molecule has 2 aromatic carbocycles. The quantitative estimate of drug-likeness (QED) is 0.445. The van der Waals surface area contributed by atoms with Crippen molar-refractivity contribution in [2.75, 3.05) is 20.8 Å². The maximum atomic E-state index is 5.88. The van der Waals surface area contributed by atoms with Crippen LogP contribution in [0, 0.1) is 0 Å². The molecule has 0 aromatic heterocycles. The molecule has 0 amide bonds. The molecular weight excluding hydrogens is 300 g/mol. The molecule has 0 unspecified atom stereocenters. The van der Waals surface area contributed by atoms with Gasteiger partial charge >= 0.3 is 0 Å². The van der Waals surface area contributed by atoms with Gasteiger partial charge < -0.3 is 9.47 Å². The molecule has 5 heteroatoms. The highest BCUT2D eigenvalue weighted by atomic mass is 35.5. The molecule has 0 saturated heterocycles. The molecule has 0 heterocycles. The third kappa shape index (κ3) is 4.29. The Morgan fingerprint density at radius 3 is 2.18 bits per heavy atom. The minimum atomic E-state index is -1.01. The highest BCUT2D eigenvalue weighted by Gasteiger charge is 2.31. The average molecular weight is 321 g/mol. The predicted molar refractivity (Wildman–Crippen MR) is 88.4 cm³/mol. The number of benzene rings is 2. The van der Waals surface area contributed by atoms with Crippen LogP contribution in [0.4, 0.5) is 0 Å². The summed E-state index contributed by atoms with van der Waals surface area (Å²) in [6.45, 7) is 0.725. The van der Waals surface area contributed by atoms with E-state index in [1.807, 2.05) is 54.6 Å². The number of nitrogens with one attached hydrogen (secondary N) is 2. The molecule has 0 aliphatic carbocycles. The summed E-state index contributed by atoms with van der Waals surface area (Å²) < 4.78 is 11.1. The average Bonchev–Trinajstić information content (AvgIpc) is 2.58. The first-order valence-corrected chi connectivity index (χ1v) is 7.48. The van der Waals surface area contributed by atoms with Gasteiger partial charge in [0.1, 0.15) is 0 Å². The predicted octanol–water partition coefficient (Wildman–Crippen LogP) is 3.08. The Hall–Kier alpha value is -1.43. The van der Waals surface area contributed by atoms with Crippen molar-refractivity contribution in [2.24, 2.45) is 0 Å². The second-order valence-electron chi connectivity index (χ2n) is 4.82. The first-order chi connectivity index (χ1) is 10.7. The van der Waals surface area contributed by atoms with Crippen molar-refractivity contribution >= 4 is 11.6 Å². The van der Waals surface area contributed by atoms with E-state index in [0.29, 0.717) is 0 Å². The lowest BCUT2D eigenvalue weighted by Crippen LogP contribution is -2.53. The molecule has 0 radical (unpaired) electrons. The fourth-order valence-electron chi connectivity index (χ4n) is 2.19. The standard InChI is InChI=1S/C17H21ClN2O2/c1-21-17(22-2,15-6-4-3-5-7-15)20-19-13-12-14-8-10-16(18)11-9-14/h3-11,19-20H,12-13H2,1-2H3. The number of rotatable bonds is 8. The Labute approximate surface area is 136 Å². The van der Waals surface area contributed by atoms with Gasteiger partial charge in [-0.15, -0.1) is 0 Å².